The highest BCUT2D eigenvalue weighted by atomic mass is 35.5. The molecule has 1 amide bonds. The monoisotopic (exact) mass is 306 g/mol. The highest BCUT2D eigenvalue weighted by molar-refractivity contribution is 6.39. The number of aromatic nitrogens is 3. The first-order chi connectivity index (χ1) is 9.65. The van der Waals surface area contributed by atoms with Gasteiger partial charge in [-0.2, -0.15) is 5.10 Å². The molecule has 2 heterocycles. The van der Waals surface area contributed by atoms with E-state index in [2.05, 4.69) is 20.5 Å². The molecule has 0 radical (unpaired) electrons. The number of halogens is 2. The molecule has 0 bridgehead atoms. The average molecular weight is 307 g/mol. The van der Waals surface area contributed by atoms with E-state index in [-0.39, 0.29) is 16.0 Å². The van der Waals surface area contributed by atoms with Crippen molar-refractivity contribution in [2.75, 3.05) is 5.32 Å². The van der Waals surface area contributed by atoms with Crippen LogP contribution in [0.15, 0.2) is 36.8 Å². The second-order valence-electron chi connectivity index (χ2n) is 4.10. The van der Waals surface area contributed by atoms with Gasteiger partial charge in [-0.25, -0.2) is 0 Å². The molecule has 2 N–H and O–H groups in total. The third kappa shape index (κ3) is 2.33. The summed E-state index contributed by atoms with van der Waals surface area (Å²) in [5.74, 6) is -0.309. The zero-order chi connectivity index (χ0) is 14.1. The molecule has 2 aromatic heterocycles. The summed E-state index contributed by atoms with van der Waals surface area (Å²) in [7, 11) is 0. The molecule has 0 atom stereocenters. The minimum absolute atomic E-state index is 0.286. The van der Waals surface area contributed by atoms with Gasteiger partial charge in [-0.05, 0) is 12.1 Å². The van der Waals surface area contributed by atoms with Gasteiger partial charge in [0.1, 0.15) is 0 Å². The molecule has 0 unspecified atom stereocenters. The van der Waals surface area contributed by atoms with Gasteiger partial charge in [-0.1, -0.05) is 29.3 Å². The first kappa shape index (κ1) is 12.9. The highest BCUT2D eigenvalue weighted by Gasteiger charge is 2.12. The van der Waals surface area contributed by atoms with E-state index in [0.717, 1.165) is 10.9 Å². The van der Waals surface area contributed by atoms with Crippen LogP contribution in [0.2, 0.25) is 10.0 Å². The van der Waals surface area contributed by atoms with Crippen LogP contribution < -0.4 is 5.32 Å². The normalized spacial score (nSPS) is 10.7. The van der Waals surface area contributed by atoms with E-state index in [1.54, 1.807) is 18.3 Å². The Kier molecular flexibility index (Phi) is 3.30. The van der Waals surface area contributed by atoms with Gasteiger partial charge in [0.2, 0.25) is 0 Å². The zero-order valence-electron chi connectivity index (χ0n) is 10.0. The number of amides is 1. The number of aromatic amines is 1. The molecule has 7 heteroatoms. The lowest BCUT2D eigenvalue weighted by atomic mass is 10.1. The SMILES string of the molecule is O=C(Nc1c(Cl)cncc1Cl)c1ccc2cn[nH]c2c1. The van der Waals surface area contributed by atoms with Gasteiger partial charge in [0, 0.05) is 23.3 Å². The number of nitrogens with zero attached hydrogens (tertiary/aromatic N) is 2. The van der Waals surface area contributed by atoms with Crippen molar-refractivity contribution in [1.82, 2.24) is 15.2 Å². The molecule has 100 valence electrons. The smallest absolute Gasteiger partial charge is 0.255 e. The second kappa shape index (κ2) is 5.11. The third-order valence-electron chi connectivity index (χ3n) is 2.80. The minimum atomic E-state index is -0.309. The lowest BCUT2D eigenvalue weighted by Gasteiger charge is -2.08. The van der Waals surface area contributed by atoms with Crippen molar-refractivity contribution < 1.29 is 4.79 Å². The number of hydrogen-bond donors (Lipinski definition) is 2. The van der Waals surface area contributed by atoms with Crippen molar-refractivity contribution in [2.45, 2.75) is 0 Å². The Morgan fingerprint density at radius 1 is 1.15 bits per heavy atom. The van der Waals surface area contributed by atoms with E-state index >= 15 is 0 Å². The average Bonchev–Trinajstić information content (AvgIpc) is 2.90. The summed E-state index contributed by atoms with van der Waals surface area (Å²) in [5.41, 5.74) is 1.60. The molecule has 5 nitrogen and oxygen atoms in total. The number of nitrogens with one attached hydrogen (secondary N) is 2. The third-order valence-corrected chi connectivity index (χ3v) is 3.37. The lowest BCUT2D eigenvalue weighted by molar-refractivity contribution is 0.102. The molecule has 0 fully saturated rings. The molecule has 3 rings (SSSR count). The topological polar surface area (TPSA) is 70.7 Å². The summed E-state index contributed by atoms with van der Waals surface area (Å²) in [4.78, 5) is 16.0. The van der Waals surface area contributed by atoms with Crippen LogP contribution in [-0.4, -0.2) is 21.1 Å². The molecule has 0 aliphatic carbocycles. The van der Waals surface area contributed by atoms with E-state index in [4.69, 9.17) is 23.2 Å². The van der Waals surface area contributed by atoms with Crippen molar-refractivity contribution in [3.05, 3.63) is 52.4 Å². The van der Waals surface area contributed by atoms with Gasteiger partial charge in [-0.15, -0.1) is 0 Å². The van der Waals surface area contributed by atoms with Crippen LogP contribution >= 0.6 is 23.2 Å². The maximum Gasteiger partial charge on any atom is 0.255 e. The van der Waals surface area contributed by atoms with Crippen LogP contribution in [0.3, 0.4) is 0 Å². The molecule has 0 aliphatic rings. The van der Waals surface area contributed by atoms with E-state index < -0.39 is 0 Å². The Morgan fingerprint density at radius 2 is 1.90 bits per heavy atom. The van der Waals surface area contributed by atoms with Crippen LogP contribution in [0.4, 0.5) is 5.69 Å². The summed E-state index contributed by atoms with van der Waals surface area (Å²) in [5, 5.41) is 10.9. The van der Waals surface area contributed by atoms with E-state index in [0.29, 0.717) is 11.3 Å². The Bertz CT molecular complexity index is 780. The fourth-order valence-electron chi connectivity index (χ4n) is 1.79. The number of carbonyl (C=O) groups excluding carboxylic acids is 1. The van der Waals surface area contributed by atoms with Crippen LogP contribution in [0.25, 0.3) is 10.9 Å². The lowest BCUT2D eigenvalue weighted by Crippen LogP contribution is -2.12. The maximum absolute atomic E-state index is 12.2. The quantitative estimate of drug-likeness (QED) is 0.761. The number of pyridine rings is 1. The highest BCUT2D eigenvalue weighted by Crippen LogP contribution is 2.29. The molecular weight excluding hydrogens is 299 g/mol. The second-order valence-corrected chi connectivity index (χ2v) is 4.92. The van der Waals surface area contributed by atoms with Gasteiger partial charge >= 0.3 is 0 Å². The van der Waals surface area contributed by atoms with Crippen molar-refractivity contribution >= 4 is 45.7 Å². The van der Waals surface area contributed by atoms with Gasteiger partial charge in [0.05, 0.1) is 27.4 Å². The maximum atomic E-state index is 12.2. The number of carbonyl (C=O) groups is 1. The van der Waals surface area contributed by atoms with Crippen molar-refractivity contribution in [3.8, 4) is 0 Å². The fraction of sp³-hybridized carbons (Fsp3) is 0. The summed E-state index contributed by atoms with van der Waals surface area (Å²) in [6.07, 6.45) is 4.52. The number of hydrogen-bond acceptors (Lipinski definition) is 3. The predicted octanol–water partition coefficient (Wildman–Crippen LogP) is 3.52. The Labute approximate surface area is 123 Å². The standard InChI is InChI=1S/C13H8Cl2N4O/c14-9-5-16-6-10(15)12(9)18-13(20)7-1-2-8-4-17-19-11(8)3-7/h1-6H,(H,17,19)(H,16,18,20). The Balaban J connectivity index is 1.92. The predicted molar refractivity (Wildman–Crippen MR) is 78.3 cm³/mol. The van der Waals surface area contributed by atoms with Crippen LogP contribution in [0.5, 0.6) is 0 Å². The summed E-state index contributed by atoms with van der Waals surface area (Å²) < 4.78 is 0. The van der Waals surface area contributed by atoms with Crippen LogP contribution in [-0.2, 0) is 0 Å². The van der Waals surface area contributed by atoms with Crippen LogP contribution in [0, 0.1) is 0 Å². The Morgan fingerprint density at radius 3 is 2.65 bits per heavy atom. The van der Waals surface area contributed by atoms with Crippen molar-refractivity contribution in [2.24, 2.45) is 0 Å². The first-order valence-corrected chi connectivity index (χ1v) is 6.44. The van der Waals surface area contributed by atoms with E-state index in [1.165, 1.54) is 12.4 Å². The number of rotatable bonds is 2. The van der Waals surface area contributed by atoms with Gasteiger partial charge < -0.3 is 5.32 Å². The van der Waals surface area contributed by atoms with Gasteiger partial charge in [0.15, 0.2) is 0 Å². The van der Waals surface area contributed by atoms with Crippen molar-refractivity contribution in [1.29, 1.82) is 0 Å². The first-order valence-electron chi connectivity index (χ1n) is 5.68. The summed E-state index contributed by atoms with van der Waals surface area (Å²) >= 11 is 11.9. The zero-order valence-corrected chi connectivity index (χ0v) is 11.5. The van der Waals surface area contributed by atoms with Gasteiger partial charge in [0.25, 0.3) is 5.91 Å². The molecule has 0 saturated heterocycles. The molecule has 3 aromatic rings. The van der Waals surface area contributed by atoms with Crippen LogP contribution in [0.1, 0.15) is 10.4 Å². The molecule has 0 saturated carbocycles. The summed E-state index contributed by atoms with van der Waals surface area (Å²) in [6.45, 7) is 0. The number of H-pyrrole nitrogens is 1. The van der Waals surface area contributed by atoms with Gasteiger partial charge in [-0.3, -0.25) is 14.9 Å². The number of fused-ring (bicyclic) bond motifs is 1. The fourth-order valence-corrected chi connectivity index (χ4v) is 2.25. The number of anilines is 1. The minimum Gasteiger partial charge on any atom is -0.319 e. The summed E-state index contributed by atoms with van der Waals surface area (Å²) in [6, 6.07) is 5.22. The molecule has 1 aromatic carbocycles. The molecular formula is C13H8Cl2N4O. The Hall–Kier alpha value is -2.11. The molecule has 20 heavy (non-hydrogen) atoms. The number of benzene rings is 1. The van der Waals surface area contributed by atoms with Crippen molar-refractivity contribution in [3.63, 3.8) is 0 Å². The largest absolute Gasteiger partial charge is 0.319 e. The van der Waals surface area contributed by atoms with E-state index in [9.17, 15) is 4.79 Å². The van der Waals surface area contributed by atoms with E-state index in [1.807, 2.05) is 6.07 Å². The molecule has 0 spiro atoms. The molecule has 0 aliphatic heterocycles.